The predicted molar refractivity (Wildman–Crippen MR) is 126 cm³/mol. The molecule has 0 unspecified atom stereocenters. The summed E-state index contributed by atoms with van der Waals surface area (Å²) >= 11 is 0. The van der Waals surface area contributed by atoms with Crippen LogP contribution in [0.4, 0.5) is 4.39 Å². The Morgan fingerprint density at radius 3 is 2.58 bits per heavy atom. The largest absolute Gasteiger partial charge is 0.353 e. The summed E-state index contributed by atoms with van der Waals surface area (Å²) < 4.78 is 13.4. The molecule has 2 heterocycles. The van der Waals surface area contributed by atoms with Crippen LogP contribution in [0.5, 0.6) is 0 Å². The molecule has 6 nitrogen and oxygen atoms in total. The molecule has 2 aliphatic rings. The minimum atomic E-state index is -0.321. The van der Waals surface area contributed by atoms with Crippen LogP contribution in [0, 0.1) is 11.7 Å². The van der Waals surface area contributed by atoms with Crippen molar-refractivity contribution in [3.8, 4) is 11.3 Å². The van der Waals surface area contributed by atoms with Gasteiger partial charge < -0.3 is 15.5 Å². The smallest absolute Gasteiger partial charge is 0.253 e. The average molecular weight is 453 g/mol. The summed E-state index contributed by atoms with van der Waals surface area (Å²) in [7, 11) is 0. The number of hydrogen-bond acceptors (Lipinski definition) is 4. The molecule has 0 radical (unpaired) electrons. The number of hydrogen-bond donors (Lipinski definition) is 2. The Bertz CT molecular complexity index is 957. The number of nitrogens with one attached hydrogen (secondary N) is 2. The van der Waals surface area contributed by atoms with Crippen molar-refractivity contribution in [2.24, 2.45) is 5.92 Å². The molecule has 1 saturated carbocycles. The van der Waals surface area contributed by atoms with E-state index in [2.05, 4.69) is 27.4 Å². The Morgan fingerprint density at radius 1 is 1.06 bits per heavy atom. The van der Waals surface area contributed by atoms with Gasteiger partial charge in [-0.05, 0) is 62.9 Å². The number of carbonyl (C=O) groups excluding carboxylic acids is 2. The third kappa shape index (κ3) is 6.16. The zero-order valence-electron chi connectivity index (χ0n) is 19.2. The van der Waals surface area contributed by atoms with Gasteiger partial charge in [-0.25, -0.2) is 4.39 Å². The lowest BCUT2D eigenvalue weighted by atomic mass is 9.84. The minimum Gasteiger partial charge on any atom is -0.353 e. The number of piperidine rings is 1. The van der Waals surface area contributed by atoms with E-state index in [1.807, 2.05) is 0 Å². The first-order chi connectivity index (χ1) is 16.0. The molecule has 1 aliphatic heterocycles. The molecule has 1 aromatic carbocycles. The topological polar surface area (TPSA) is 74.3 Å². The number of benzene rings is 1. The first-order valence-corrected chi connectivity index (χ1v) is 12.1. The molecule has 33 heavy (non-hydrogen) atoms. The number of aromatic nitrogens is 1. The van der Waals surface area contributed by atoms with Crippen LogP contribution < -0.4 is 10.6 Å². The summed E-state index contributed by atoms with van der Waals surface area (Å²) in [5.41, 5.74) is 1.75. The number of pyridine rings is 1. The fourth-order valence-electron chi connectivity index (χ4n) is 4.89. The molecule has 0 bridgehead atoms. The summed E-state index contributed by atoms with van der Waals surface area (Å²) in [5, 5.41) is 6.33. The van der Waals surface area contributed by atoms with Crippen molar-refractivity contribution in [1.29, 1.82) is 0 Å². The third-order valence-corrected chi connectivity index (χ3v) is 6.91. The van der Waals surface area contributed by atoms with Crippen LogP contribution in [-0.4, -0.2) is 53.4 Å². The van der Waals surface area contributed by atoms with E-state index < -0.39 is 0 Å². The molecule has 1 saturated heterocycles. The van der Waals surface area contributed by atoms with E-state index in [1.165, 1.54) is 18.3 Å². The maximum absolute atomic E-state index is 13.4. The van der Waals surface area contributed by atoms with Crippen molar-refractivity contribution in [3.63, 3.8) is 0 Å². The maximum Gasteiger partial charge on any atom is 0.253 e. The van der Waals surface area contributed by atoms with Gasteiger partial charge in [-0.2, -0.15) is 0 Å². The Morgan fingerprint density at radius 2 is 1.88 bits per heavy atom. The van der Waals surface area contributed by atoms with E-state index in [0.717, 1.165) is 51.7 Å². The Hall–Kier alpha value is -2.80. The van der Waals surface area contributed by atoms with Gasteiger partial charge in [0.25, 0.3) is 5.91 Å². The van der Waals surface area contributed by atoms with Gasteiger partial charge in [0.2, 0.25) is 5.91 Å². The van der Waals surface area contributed by atoms with Crippen LogP contribution >= 0.6 is 0 Å². The van der Waals surface area contributed by atoms with Gasteiger partial charge in [0.15, 0.2) is 0 Å². The van der Waals surface area contributed by atoms with E-state index in [0.29, 0.717) is 23.2 Å². The normalized spacial score (nSPS) is 22.0. The van der Waals surface area contributed by atoms with Crippen LogP contribution in [0.2, 0.25) is 0 Å². The molecular weight excluding hydrogens is 419 g/mol. The first-order valence-electron chi connectivity index (χ1n) is 12.1. The molecule has 7 heteroatoms. The molecule has 2 aromatic rings. The van der Waals surface area contributed by atoms with Gasteiger partial charge in [0, 0.05) is 42.9 Å². The maximum atomic E-state index is 13.4. The number of halogens is 1. The minimum absolute atomic E-state index is 0.0214. The van der Waals surface area contributed by atoms with Crippen molar-refractivity contribution in [2.45, 2.75) is 57.5 Å². The standard InChI is InChI=1S/C26H33FN4O2/c1-2-31-13-11-22(12-14-31)29-25(32)19-6-4-8-23(16-19)30-26(33)20-9-10-24(28-17-20)18-5-3-7-21(27)15-18/h3,5,7,9-10,15,17,19,22-23H,2,4,6,8,11-14,16H2,1H3,(H,29,32)(H,30,33)/t19-,23+/m0/s1. The lowest BCUT2D eigenvalue weighted by molar-refractivity contribution is -0.127. The average Bonchev–Trinajstić information content (AvgIpc) is 2.85. The van der Waals surface area contributed by atoms with Gasteiger partial charge >= 0.3 is 0 Å². The van der Waals surface area contributed by atoms with E-state index in [-0.39, 0.29) is 35.6 Å². The van der Waals surface area contributed by atoms with Crippen molar-refractivity contribution >= 4 is 11.8 Å². The van der Waals surface area contributed by atoms with Crippen LogP contribution in [0.3, 0.4) is 0 Å². The highest BCUT2D eigenvalue weighted by atomic mass is 19.1. The zero-order chi connectivity index (χ0) is 23.2. The molecule has 2 atom stereocenters. The summed E-state index contributed by atoms with van der Waals surface area (Å²) in [4.78, 5) is 32.3. The summed E-state index contributed by atoms with van der Waals surface area (Å²) in [6.07, 6.45) is 6.87. The predicted octanol–water partition coefficient (Wildman–Crippen LogP) is 3.78. The van der Waals surface area contributed by atoms with Crippen LogP contribution in [-0.2, 0) is 4.79 Å². The van der Waals surface area contributed by atoms with Crippen LogP contribution in [0.15, 0.2) is 42.6 Å². The monoisotopic (exact) mass is 452 g/mol. The molecule has 2 amide bonds. The van der Waals surface area contributed by atoms with Gasteiger partial charge in [-0.3, -0.25) is 14.6 Å². The fourth-order valence-corrected chi connectivity index (χ4v) is 4.89. The van der Waals surface area contributed by atoms with Gasteiger partial charge in [0.1, 0.15) is 5.82 Å². The number of nitrogens with zero attached hydrogens (tertiary/aromatic N) is 2. The molecule has 0 spiro atoms. The highest BCUT2D eigenvalue weighted by molar-refractivity contribution is 5.94. The van der Waals surface area contributed by atoms with Gasteiger partial charge in [-0.1, -0.05) is 25.5 Å². The highest BCUT2D eigenvalue weighted by Gasteiger charge is 2.30. The van der Waals surface area contributed by atoms with E-state index >= 15 is 0 Å². The molecule has 2 N–H and O–H groups in total. The number of carbonyl (C=O) groups is 2. The molecule has 1 aromatic heterocycles. The molecule has 2 fully saturated rings. The van der Waals surface area contributed by atoms with E-state index in [1.54, 1.807) is 24.3 Å². The quantitative estimate of drug-likeness (QED) is 0.700. The molecule has 176 valence electrons. The summed E-state index contributed by atoms with van der Waals surface area (Å²) in [5.74, 6) is -0.434. The molecule has 4 rings (SSSR count). The van der Waals surface area contributed by atoms with Crippen molar-refractivity contribution in [2.75, 3.05) is 19.6 Å². The van der Waals surface area contributed by atoms with Gasteiger partial charge in [-0.15, -0.1) is 0 Å². The summed E-state index contributed by atoms with van der Waals surface area (Å²) in [6.45, 7) is 5.31. The van der Waals surface area contributed by atoms with Crippen molar-refractivity contribution in [1.82, 2.24) is 20.5 Å². The van der Waals surface area contributed by atoms with E-state index in [9.17, 15) is 14.0 Å². The van der Waals surface area contributed by atoms with Crippen molar-refractivity contribution < 1.29 is 14.0 Å². The molecular formula is C26H33FN4O2. The zero-order valence-corrected chi connectivity index (χ0v) is 19.2. The highest BCUT2D eigenvalue weighted by Crippen LogP contribution is 2.26. The van der Waals surface area contributed by atoms with Crippen LogP contribution in [0.1, 0.15) is 55.8 Å². The number of likely N-dealkylation sites (tertiary alicyclic amines) is 1. The lowest BCUT2D eigenvalue weighted by Crippen LogP contribution is -2.48. The number of rotatable bonds is 6. The van der Waals surface area contributed by atoms with Crippen molar-refractivity contribution in [3.05, 3.63) is 54.0 Å². The lowest BCUT2D eigenvalue weighted by Gasteiger charge is -2.34. The Labute approximate surface area is 195 Å². The number of amides is 2. The van der Waals surface area contributed by atoms with E-state index in [4.69, 9.17) is 0 Å². The SMILES string of the molecule is CCN1CCC(NC(=O)[C@H]2CCC[C@@H](NC(=O)c3ccc(-c4cccc(F)c4)nc3)C2)CC1. The Balaban J connectivity index is 1.29. The van der Waals surface area contributed by atoms with Gasteiger partial charge in [0.05, 0.1) is 11.3 Å². The van der Waals surface area contributed by atoms with Crippen LogP contribution in [0.25, 0.3) is 11.3 Å². The second-order valence-corrected chi connectivity index (χ2v) is 9.19. The fraction of sp³-hybridized carbons (Fsp3) is 0.500. The molecule has 1 aliphatic carbocycles. The Kier molecular flexibility index (Phi) is 7.70. The third-order valence-electron chi connectivity index (χ3n) is 6.91. The summed E-state index contributed by atoms with van der Waals surface area (Å²) in [6, 6.07) is 9.90. The second-order valence-electron chi connectivity index (χ2n) is 9.19. The first kappa shape index (κ1) is 23.4. The second kappa shape index (κ2) is 10.9.